The van der Waals surface area contributed by atoms with Gasteiger partial charge in [0.15, 0.2) is 0 Å². The molecule has 206 valence electrons. The molecule has 6 nitrogen and oxygen atoms in total. The third-order valence-corrected chi connectivity index (χ3v) is 9.68. The molecule has 2 aliphatic rings. The van der Waals surface area contributed by atoms with Gasteiger partial charge in [0, 0.05) is 23.1 Å². The lowest BCUT2D eigenvalue weighted by Gasteiger charge is -2.20. The van der Waals surface area contributed by atoms with E-state index in [1.807, 2.05) is 30.3 Å². The lowest BCUT2D eigenvalue weighted by atomic mass is 9.86. The van der Waals surface area contributed by atoms with E-state index in [4.69, 9.17) is 4.42 Å². The van der Waals surface area contributed by atoms with Crippen LogP contribution in [0.2, 0.25) is 0 Å². The fourth-order valence-corrected chi connectivity index (χ4v) is 6.84. The SMILES string of the molecule is O=c1oc(C2(CCCc3ccccc3)CC2)cc(O)c1C(c1ccc(NS(=O)(=O)c2ccccc2)cc1)C1CC1. The molecule has 2 fully saturated rings. The van der Waals surface area contributed by atoms with E-state index < -0.39 is 15.6 Å². The van der Waals surface area contributed by atoms with Crippen molar-refractivity contribution in [2.24, 2.45) is 5.92 Å². The van der Waals surface area contributed by atoms with E-state index in [1.54, 1.807) is 48.5 Å². The van der Waals surface area contributed by atoms with Gasteiger partial charge in [0.1, 0.15) is 11.5 Å². The highest BCUT2D eigenvalue weighted by Crippen LogP contribution is 2.53. The quantitative estimate of drug-likeness (QED) is 0.214. The summed E-state index contributed by atoms with van der Waals surface area (Å²) in [5.74, 6) is 0.504. The van der Waals surface area contributed by atoms with Gasteiger partial charge in [0.2, 0.25) is 0 Å². The predicted molar refractivity (Wildman–Crippen MR) is 155 cm³/mol. The van der Waals surface area contributed by atoms with Gasteiger partial charge in [-0.25, -0.2) is 13.2 Å². The minimum atomic E-state index is -3.71. The first-order valence-corrected chi connectivity index (χ1v) is 15.4. The average molecular weight is 556 g/mol. The number of benzene rings is 3. The van der Waals surface area contributed by atoms with Crippen molar-refractivity contribution in [1.82, 2.24) is 0 Å². The predicted octanol–water partition coefficient (Wildman–Crippen LogP) is 6.74. The fraction of sp³-hybridized carbons (Fsp3) is 0.303. The van der Waals surface area contributed by atoms with Crippen molar-refractivity contribution in [1.29, 1.82) is 0 Å². The molecule has 6 rings (SSSR count). The summed E-state index contributed by atoms with van der Waals surface area (Å²) in [5, 5.41) is 11.2. The number of hydrogen-bond donors (Lipinski definition) is 2. The zero-order valence-corrected chi connectivity index (χ0v) is 23.1. The van der Waals surface area contributed by atoms with Gasteiger partial charge in [-0.1, -0.05) is 60.7 Å². The molecule has 0 radical (unpaired) electrons. The van der Waals surface area contributed by atoms with Crippen LogP contribution in [0.5, 0.6) is 5.75 Å². The molecule has 1 aromatic heterocycles. The van der Waals surface area contributed by atoms with Crippen LogP contribution >= 0.6 is 0 Å². The minimum Gasteiger partial charge on any atom is -0.507 e. The lowest BCUT2D eigenvalue weighted by molar-refractivity contribution is 0.366. The first-order valence-electron chi connectivity index (χ1n) is 13.9. The maximum absolute atomic E-state index is 13.4. The van der Waals surface area contributed by atoms with E-state index in [0.717, 1.165) is 50.5 Å². The molecule has 1 heterocycles. The Bertz CT molecular complexity index is 1640. The second kappa shape index (κ2) is 10.6. The molecular formula is C33H33NO5S. The van der Waals surface area contributed by atoms with Crippen LogP contribution in [0.3, 0.4) is 0 Å². The third kappa shape index (κ3) is 5.56. The molecule has 3 aromatic carbocycles. The Morgan fingerprint density at radius 2 is 1.57 bits per heavy atom. The summed E-state index contributed by atoms with van der Waals surface area (Å²) in [4.78, 5) is 13.6. The van der Waals surface area contributed by atoms with Crippen molar-refractivity contribution >= 4 is 15.7 Å². The molecule has 7 heteroatoms. The molecule has 0 bridgehead atoms. The highest BCUT2D eigenvalue weighted by Gasteiger charge is 2.47. The minimum absolute atomic E-state index is 0.00802. The van der Waals surface area contributed by atoms with Crippen LogP contribution in [-0.2, 0) is 21.9 Å². The number of sulfonamides is 1. The normalized spacial score (nSPS) is 16.8. The van der Waals surface area contributed by atoms with Crippen LogP contribution in [0.1, 0.15) is 66.9 Å². The molecule has 0 amide bonds. The van der Waals surface area contributed by atoms with Crippen LogP contribution in [0.4, 0.5) is 5.69 Å². The van der Waals surface area contributed by atoms with E-state index in [9.17, 15) is 18.3 Å². The molecule has 40 heavy (non-hydrogen) atoms. The summed E-state index contributed by atoms with van der Waals surface area (Å²) in [6, 6.07) is 27.3. The topological polar surface area (TPSA) is 96.6 Å². The monoisotopic (exact) mass is 555 g/mol. The first-order chi connectivity index (χ1) is 19.3. The molecule has 1 unspecified atom stereocenters. The largest absolute Gasteiger partial charge is 0.507 e. The van der Waals surface area contributed by atoms with E-state index >= 15 is 0 Å². The molecule has 0 aliphatic heterocycles. The van der Waals surface area contributed by atoms with E-state index in [0.29, 0.717) is 17.0 Å². The van der Waals surface area contributed by atoms with Crippen LogP contribution < -0.4 is 10.3 Å². The van der Waals surface area contributed by atoms with Gasteiger partial charge >= 0.3 is 5.63 Å². The summed E-state index contributed by atoms with van der Waals surface area (Å²) in [6.45, 7) is 0. The Hall–Kier alpha value is -3.84. The molecule has 2 saturated carbocycles. The summed E-state index contributed by atoms with van der Waals surface area (Å²) in [6.07, 6.45) is 6.69. The highest BCUT2D eigenvalue weighted by atomic mass is 32.2. The maximum atomic E-state index is 13.4. The van der Waals surface area contributed by atoms with Crippen LogP contribution in [-0.4, -0.2) is 13.5 Å². The van der Waals surface area contributed by atoms with Gasteiger partial charge in [0.05, 0.1) is 10.5 Å². The number of rotatable bonds is 11. The van der Waals surface area contributed by atoms with E-state index in [2.05, 4.69) is 16.9 Å². The van der Waals surface area contributed by atoms with Crippen LogP contribution in [0, 0.1) is 5.92 Å². The molecule has 2 aliphatic carbocycles. The molecule has 0 spiro atoms. The van der Waals surface area contributed by atoms with Crippen molar-refractivity contribution in [3.8, 4) is 5.75 Å². The van der Waals surface area contributed by atoms with Crippen molar-refractivity contribution in [2.45, 2.75) is 61.2 Å². The maximum Gasteiger partial charge on any atom is 0.343 e. The number of aryl methyl sites for hydroxylation is 1. The highest BCUT2D eigenvalue weighted by molar-refractivity contribution is 7.92. The smallest absolute Gasteiger partial charge is 0.343 e. The second-order valence-electron chi connectivity index (χ2n) is 11.2. The van der Waals surface area contributed by atoms with Gasteiger partial charge in [-0.15, -0.1) is 0 Å². The number of hydrogen-bond acceptors (Lipinski definition) is 5. The number of anilines is 1. The fourth-order valence-electron chi connectivity index (χ4n) is 5.76. The lowest BCUT2D eigenvalue weighted by Crippen LogP contribution is -2.19. The molecule has 2 N–H and O–H groups in total. The first kappa shape index (κ1) is 26.4. The third-order valence-electron chi connectivity index (χ3n) is 8.29. The van der Waals surface area contributed by atoms with Crippen molar-refractivity contribution in [3.05, 3.63) is 124 Å². The Balaban J connectivity index is 1.21. The molecule has 1 atom stereocenters. The van der Waals surface area contributed by atoms with Gasteiger partial charge in [-0.2, -0.15) is 0 Å². The Morgan fingerprint density at radius 1 is 0.925 bits per heavy atom. The Labute approximate surface area is 234 Å². The summed E-state index contributed by atoms with van der Waals surface area (Å²) in [7, 11) is -3.71. The molecule has 4 aromatic rings. The van der Waals surface area contributed by atoms with Crippen LogP contribution in [0.25, 0.3) is 0 Å². The Kier molecular flexibility index (Phi) is 7.00. The van der Waals surface area contributed by atoms with Gasteiger partial charge in [-0.3, -0.25) is 4.72 Å². The number of aromatic hydroxyl groups is 1. The number of nitrogens with one attached hydrogen (secondary N) is 1. The second-order valence-corrected chi connectivity index (χ2v) is 12.9. The van der Waals surface area contributed by atoms with Crippen molar-refractivity contribution in [2.75, 3.05) is 4.72 Å². The van der Waals surface area contributed by atoms with Crippen LogP contribution in [0.15, 0.2) is 105 Å². The van der Waals surface area contributed by atoms with Gasteiger partial charge in [0.25, 0.3) is 10.0 Å². The van der Waals surface area contributed by atoms with Gasteiger partial charge < -0.3 is 9.52 Å². The average Bonchev–Trinajstić information content (AvgIpc) is 3.89. The zero-order chi connectivity index (χ0) is 27.7. The van der Waals surface area contributed by atoms with Crippen molar-refractivity contribution in [3.63, 3.8) is 0 Å². The Morgan fingerprint density at radius 3 is 2.17 bits per heavy atom. The van der Waals surface area contributed by atoms with E-state index in [1.165, 1.54) is 5.56 Å². The molecule has 0 saturated heterocycles. The van der Waals surface area contributed by atoms with Gasteiger partial charge in [-0.05, 0) is 86.3 Å². The zero-order valence-electron chi connectivity index (χ0n) is 22.3. The summed E-state index contributed by atoms with van der Waals surface area (Å²) >= 11 is 0. The summed E-state index contributed by atoms with van der Waals surface area (Å²) < 4.78 is 34.0. The summed E-state index contributed by atoms with van der Waals surface area (Å²) in [5.41, 5.74) is 2.23. The van der Waals surface area contributed by atoms with Crippen molar-refractivity contribution < 1.29 is 17.9 Å². The van der Waals surface area contributed by atoms with E-state index in [-0.39, 0.29) is 27.9 Å². The standard InChI is InChI=1S/C33H33NO5S/c35-28-22-29(33(20-21-33)19-7-10-23-8-3-1-4-9-23)39-32(36)31(28)30(24-13-14-24)25-15-17-26(18-16-25)34-40(37,38)27-11-5-2-6-12-27/h1-6,8-9,11-12,15-18,22,24,30,34-35H,7,10,13-14,19-21H2. The molecular weight excluding hydrogens is 522 g/mol.